The van der Waals surface area contributed by atoms with Gasteiger partial charge in [0.2, 0.25) is 5.78 Å². The van der Waals surface area contributed by atoms with E-state index >= 15 is 0 Å². The normalized spacial score (nSPS) is 13.8. The van der Waals surface area contributed by atoms with Crippen LogP contribution in [0.15, 0.2) is 52.6 Å². The van der Waals surface area contributed by atoms with Gasteiger partial charge in [0.05, 0.1) is 0 Å². The number of allylic oxidation sites excluding steroid dienone is 1. The van der Waals surface area contributed by atoms with Crippen LogP contribution in [-0.4, -0.2) is 18.9 Å². The molecule has 2 heterocycles. The highest BCUT2D eigenvalue weighted by atomic mass is 35.5. The minimum absolute atomic E-state index is 0.165. The molecule has 0 spiro atoms. The number of carbonyl (C=O) groups is 1. The fraction of sp³-hybridized carbons (Fsp3) is 0.133. The Kier molecular flexibility index (Phi) is 3.76. The van der Waals surface area contributed by atoms with Gasteiger partial charge < -0.3 is 10.6 Å². The summed E-state index contributed by atoms with van der Waals surface area (Å²) in [6, 6.07) is 11.6. The molecule has 0 unspecified atom stereocenters. The minimum atomic E-state index is -0.165. The van der Waals surface area contributed by atoms with Gasteiger partial charge in [-0.1, -0.05) is 41.9 Å². The van der Waals surface area contributed by atoms with Gasteiger partial charge >= 0.3 is 0 Å². The number of hydrogen-bond donors (Lipinski definition) is 2. The first-order valence-electron chi connectivity index (χ1n) is 6.32. The third-order valence-electron chi connectivity index (χ3n) is 3.10. The summed E-state index contributed by atoms with van der Waals surface area (Å²) in [4.78, 5) is 13.4. The van der Waals surface area contributed by atoms with Crippen LogP contribution >= 0.6 is 22.9 Å². The lowest BCUT2D eigenvalue weighted by Crippen LogP contribution is -2.16. The van der Waals surface area contributed by atoms with Crippen LogP contribution in [-0.2, 0) is 0 Å². The molecule has 2 N–H and O–H groups in total. The van der Waals surface area contributed by atoms with Gasteiger partial charge in [-0.25, -0.2) is 0 Å². The van der Waals surface area contributed by atoms with Crippen molar-refractivity contribution in [3.8, 4) is 10.4 Å². The second kappa shape index (κ2) is 5.69. The van der Waals surface area contributed by atoms with Crippen LogP contribution < -0.4 is 10.6 Å². The lowest BCUT2D eigenvalue weighted by Gasteiger charge is -2.05. The number of carbonyl (C=O) groups excluding carboxylic acids is 1. The predicted molar refractivity (Wildman–Crippen MR) is 83.0 cm³/mol. The van der Waals surface area contributed by atoms with Crippen LogP contribution in [0.4, 0.5) is 0 Å². The Hall–Kier alpha value is -1.78. The molecule has 1 fully saturated rings. The van der Waals surface area contributed by atoms with E-state index in [0.717, 1.165) is 18.7 Å². The molecule has 102 valence electrons. The Morgan fingerprint density at radius 2 is 1.80 bits per heavy atom. The summed E-state index contributed by atoms with van der Waals surface area (Å²) in [5.41, 5.74) is 1.70. The summed E-state index contributed by atoms with van der Waals surface area (Å²) in [7, 11) is 0. The van der Waals surface area contributed by atoms with Gasteiger partial charge in [-0.3, -0.25) is 4.79 Å². The lowest BCUT2D eigenvalue weighted by atomic mass is 10.1. The highest BCUT2D eigenvalue weighted by Gasteiger charge is 2.17. The second-order valence-electron chi connectivity index (χ2n) is 4.43. The largest absolute Gasteiger partial charge is 0.369 e. The zero-order valence-electron chi connectivity index (χ0n) is 10.7. The molecule has 0 saturated carbocycles. The molecule has 1 aromatic carbocycles. The number of rotatable bonds is 3. The molecule has 0 bridgehead atoms. The van der Waals surface area contributed by atoms with E-state index in [4.69, 9.17) is 11.6 Å². The average Bonchev–Trinajstić information content (AvgIpc) is 3.18. The van der Waals surface area contributed by atoms with E-state index in [1.807, 2.05) is 35.7 Å². The Bertz CT molecular complexity index is 639. The molecular formula is C15H13ClN2OS. The van der Waals surface area contributed by atoms with Crippen LogP contribution in [0.5, 0.6) is 0 Å². The average molecular weight is 305 g/mol. The standard InChI is InChI=1S/C15H13ClN2OS/c16-13(15-17-7-8-18-15)14(19)11-5-3-10(4-6-11)12-2-1-9-20-12/h1-6,9,17-18H,7-8H2. The molecule has 0 aliphatic carbocycles. The fourth-order valence-corrected chi connectivity index (χ4v) is 3.04. The summed E-state index contributed by atoms with van der Waals surface area (Å²) in [6.07, 6.45) is 0. The first-order valence-corrected chi connectivity index (χ1v) is 7.57. The summed E-state index contributed by atoms with van der Waals surface area (Å²) in [5.74, 6) is 0.459. The smallest absolute Gasteiger partial charge is 0.208 e. The van der Waals surface area contributed by atoms with Gasteiger partial charge in [0.1, 0.15) is 10.9 Å². The van der Waals surface area contributed by atoms with Crippen LogP contribution in [0.2, 0.25) is 0 Å². The zero-order valence-corrected chi connectivity index (χ0v) is 12.2. The van der Waals surface area contributed by atoms with Gasteiger partial charge in [-0.2, -0.15) is 0 Å². The molecule has 20 heavy (non-hydrogen) atoms. The Morgan fingerprint density at radius 1 is 1.10 bits per heavy atom. The molecule has 1 aromatic heterocycles. The summed E-state index contributed by atoms with van der Waals surface area (Å²) >= 11 is 7.80. The predicted octanol–water partition coefficient (Wildman–Crippen LogP) is 3.20. The van der Waals surface area contributed by atoms with Crippen molar-refractivity contribution in [1.29, 1.82) is 0 Å². The van der Waals surface area contributed by atoms with E-state index in [1.54, 1.807) is 11.3 Å². The van der Waals surface area contributed by atoms with Crippen LogP contribution in [0.25, 0.3) is 10.4 Å². The van der Waals surface area contributed by atoms with Crippen LogP contribution in [0.3, 0.4) is 0 Å². The van der Waals surface area contributed by atoms with Gasteiger partial charge in [0.25, 0.3) is 0 Å². The molecular weight excluding hydrogens is 292 g/mol. The van der Waals surface area contributed by atoms with Crippen molar-refractivity contribution in [3.63, 3.8) is 0 Å². The van der Waals surface area contributed by atoms with E-state index in [1.165, 1.54) is 4.88 Å². The fourth-order valence-electron chi connectivity index (χ4n) is 2.06. The van der Waals surface area contributed by atoms with Gasteiger partial charge in [0.15, 0.2) is 0 Å². The molecule has 3 rings (SSSR count). The molecule has 0 atom stereocenters. The highest BCUT2D eigenvalue weighted by molar-refractivity contribution is 7.13. The maximum atomic E-state index is 12.3. The quantitative estimate of drug-likeness (QED) is 0.676. The highest BCUT2D eigenvalue weighted by Crippen LogP contribution is 2.25. The van der Waals surface area contributed by atoms with Crippen molar-refractivity contribution < 1.29 is 4.79 Å². The number of ketones is 1. The molecule has 1 aliphatic rings. The number of nitrogens with one attached hydrogen (secondary N) is 2. The van der Waals surface area contributed by atoms with Crippen LogP contribution in [0, 0.1) is 0 Å². The summed E-state index contributed by atoms with van der Waals surface area (Å²) in [5, 5.41) is 8.37. The second-order valence-corrected chi connectivity index (χ2v) is 5.75. The summed E-state index contributed by atoms with van der Waals surface area (Å²) in [6.45, 7) is 1.58. The Labute approximate surface area is 126 Å². The Balaban J connectivity index is 1.84. The van der Waals surface area contributed by atoms with Gasteiger partial charge in [0, 0.05) is 23.5 Å². The van der Waals surface area contributed by atoms with E-state index in [9.17, 15) is 4.79 Å². The zero-order chi connectivity index (χ0) is 13.9. The maximum absolute atomic E-state index is 12.3. The molecule has 1 saturated heterocycles. The van der Waals surface area contributed by atoms with Crippen molar-refractivity contribution in [1.82, 2.24) is 10.6 Å². The molecule has 0 radical (unpaired) electrons. The van der Waals surface area contributed by atoms with Gasteiger partial charge in [-0.05, 0) is 17.0 Å². The number of hydrogen-bond acceptors (Lipinski definition) is 4. The lowest BCUT2D eigenvalue weighted by molar-refractivity contribution is 0.104. The third kappa shape index (κ3) is 2.57. The maximum Gasteiger partial charge on any atom is 0.208 e. The number of Topliss-reactive ketones (excluding diaryl/α,β-unsaturated/α-hetero) is 1. The van der Waals surface area contributed by atoms with Crippen molar-refractivity contribution in [2.45, 2.75) is 0 Å². The molecule has 0 amide bonds. The SMILES string of the molecule is O=C(C(Cl)=C1NCCN1)c1ccc(-c2cccs2)cc1. The van der Waals surface area contributed by atoms with Crippen LogP contribution in [0.1, 0.15) is 10.4 Å². The van der Waals surface area contributed by atoms with E-state index < -0.39 is 0 Å². The molecule has 5 heteroatoms. The first kappa shape index (κ1) is 13.2. The number of benzene rings is 1. The Morgan fingerprint density at radius 3 is 2.40 bits per heavy atom. The molecule has 3 nitrogen and oxygen atoms in total. The first-order chi connectivity index (χ1) is 9.75. The van der Waals surface area contributed by atoms with Gasteiger partial charge in [-0.15, -0.1) is 11.3 Å². The monoisotopic (exact) mass is 304 g/mol. The van der Waals surface area contributed by atoms with Crippen molar-refractivity contribution in [2.75, 3.05) is 13.1 Å². The third-order valence-corrected chi connectivity index (χ3v) is 4.38. The minimum Gasteiger partial charge on any atom is -0.369 e. The van der Waals surface area contributed by atoms with E-state index in [0.29, 0.717) is 11.4 Å². The van der Waals surface area contributed by atoms with E-state index in [2.05, 4.69) is 16.7 Å². The van der Waals surface area contributed by atoms with Crippen molar-refractivity contribution in [3.05, 3.63) is 58.2 Å². The number of thiophene rings is 1. The number of halogens is 1. The topological polar surface area (TPSA) is 41.1 Å². The molecule has 1 aliphatic heterocycles. The summed E-state index contributed by atoms with van der Waals surface area (Å²) < 4.78 is 0. The van der Waals surface area contributed by atoms with Crippen molar-refractivity contribution >= 4 is 28.7 Å². The van der Waals surface area contributed by atoms with Crippen molar-refractivity contribution in [2.24, 2.45) is 0 Å². The van der Waals surface area contributed by atoms with E-state index in [-0.39, 0.29) is 10.8 Å². The molecule has 2 aromatic rings.